The van der Waals surface area contributed by atoms with Crippen molar-refractivity contribution in [1.29, 1.82) is 0 Å². The van der Waals surface area contributed by atoms with Crippen LogP contribution in [0.15, 0.2) is 84.9 Å². The highest BCUT2D eigenvalue weighted by atomic mass is 16.2. The van der Waals surface area contributed by atoms with E-state index >= 15 is 0 Å². The first-order valence-electron chi connectivity index (χ1n) is 7.51. The molecular formula is C20H16N2O2. The molecule has 0 aromatic heterocycles. The number of hydrogen-bond acceptors (Lipinski definition) is 2. The molecule has 0 spiro atoms. The molecule has 0 fully saturated rings. The topological polar surface area (TPSA) is 63.4 Å². The van der Waals surface area contributed by atoms with E-state index in [9.17, 15) is 9.59 Å². The Morgan fingerprint density at radius 2 is 1.12 bits per heavy atom. The van der Waals surface area contributed by atoms with Crippen LogP contribution in [0.1, 0.15) is 20.7 Å². The highest BCUT2D eigenvalue weighted by molar-refractivity contribution is 6.11. The Hall–Kier alpha value is -3.40. The van der Waals surface area contributed by atoms with Crippen molar-refractivity contribution in [2.45, 2.75) is 0 Å². The molecule has 0 bridgehead atoms. The van der Waals surface area contributed by atoms with Gasteiger partial charge >= 0.3 is 0 Å². The predicted octanol–water partition coefficient (Wildman–Crippen LogP) is 3.76. The van der Waals surface area contributed by atoms with E-state index < -0.39 is 5.91 Å². The molecule has 3 aromatic rings. The monoisotopic (exact) mass is 316 g/mol. The van der Waals surface area contributed by atoms with E-state index in [0.717, 1.165) is 5.69 Å². The standard InChI is InChI=1S/C20H16N2O2/c21-19(23)15-11-13-18(14-12-15)22(17-9-5-2-6-10-17)20(24)16-7-3-1-4-8-16/h1-14H,(H2,21,23). The van der Waals surface area contributed by atoms with Gasteiger partial charge < -0.3 is 5.73 Å². The normalized spacial score (nSPS) is 10.2. The summed E-state index contributed by atoms with van der Waals surface area (Å²) in [5, 5.41) is 0. The second-order valence-corrected chi connectivity index (χ2v) is 5.25. The van der Waals surface area contributed by atoms with Crippen molar-refractivity contribution >= 4 is 23.2 Å². The molecule has 2 N–H and O–H groups in total. The summed E-state index contributed by atoms with van der Waals surface area (Å²) >= 11 is 0. The second kappa shape index (κ2) is 6.79. The molecule has 3 aromatic carbocycles. The van der Waals surface area contributed by atoms with Gasteiger partial charge in [0.05, 0.1) is 0 Å². The fraction of sp³-hybridized carbons (Fsp3) is 0. The molecule has 24 heavy (non-hydrogen) atoms. The third-order valence-electron chi connectivity index (χ3n) is 3.65. The summed E-state index contributed by atoms with van der Waals surface area (Å²) < 4.78 is 0. The van der Waals surface area contributed by atoms with Crippen LogP contribution in [-0.2, 0) is 0 Å². The van der Waals surface area contributed by atoms with Gasteiger partial charge in [-0.15, -0.1) is 0 Å². The van der Waals surface area contributed by atoms with E-state index in [4.69, 9.17) is 5.73 Å². The minimum atomic E-state index is -0.498. The Balaban J connectivity index is 2.06. The van der Waals surface area contributed by atoms with Crippen molar-refractivity contribution in [2.75, 3.05) is 4.90 Å². The number of amides is 2. The molecule has 0 saturated carbocycles. The van der Waals surface area contributed by atoms with Crippen molar-refractivity contribution in [2.24, 2.45) is 5.73 Å². The Bertz CT molecular complexity index is 844. The number of carbonyl (C=O) groups is 2. The van der Waals surface area contributed by atoms with Crippen molar-refractivity contribution < 1.29 is 9.59 Å². The smallest absolute Gasteiger partial charge is 0.262 e. The van der Waals surface area contributed by atoms with Gasteiger partial charge in [0.2, 0.25) is 5.91 Å². The minimum absolute atomic E-state index is 0.145. The summed E-state index contributed by atoms with van der Waals surface area (Å²) in [6.07, 6.45) is 0. The summed E-state index contributed by atoms with van der Waals surface area (Å²) in [5.74, 6) is -0.643. The zero-order valence-electron chi connectivity index (χ0n) is 12.9. The highest BCUT2D eigenvalue weighted by Gasteiger charge is 2.19. The van der Waals surface area contributed by atoms with Crippen LogP contribution in [0.25, 0.3) is 0 Å². The lowest BCUT2D eigenvalue weighted by molar-refractivity contribution is 0.0993. The molecule has 0 atom stereocenters. The van der Waals surface area contributed by atoms with E-state index in [1.165, 1.54) is 0 Å². The molecule has 0 radical (unpaired) electrons. The van der Waals surface area contributed by atoms with Gasteiger partial charge in [0.1, 0.15) is 0 Å². The molecule has 3 rings (SSSR count). The van der Waals surface area contributed by atoms with Crippen LogP contribution in [0.3, 0.4) is 0 Å². The fourth-order valence-electron chi connectivity index (χ4n) is 2.45. The number of carbonyl (C=O) groups excluding carboxylic acids is 2. The van der Waals surface area contributed by atoms with Crippen molar-refractivity contribution in [1.82, 2.24) is 0 Å². The number of rotatable bonds is 4. The summed E-state index contributed by atoms with van der Waals surface area (Å²) in [5.41, 5.74) is 7.68. The maximum Gasteiger partial charge on any atom is 0.262 e. The minimum Gasteiger partial charge on any atom is -0.366 e. The Morgan fingerprint density at radius 1 is 0.625 bits per heavy atom. The molecule has 0 saturated heterocycles. The first kappa shape index (κ1) is 15.5. The van der Waals surface area contributed by atoms with Crippen LogP contribution in [-0.4, -0.2) is 11.8 Å². The summed E-state index contributed by atoms with van der Waals surface area (Å²) in [4.78, 5) is 25.9. The van der Waals surface area contributed by atoms with Gasteiger partial charge in [-0.25, -0.2) is 0 Å². The molecular weight excluding hydrogens is 300 g/mol. The van der Waals surface area contributed by atoms with E-state index in [2.05, 4.69) is 0 Å². The summed E-state index contributed by atoms with van der Waals surface area (Å²) in [7, 11) is 0. The van der Waals surface area contributed by atoms with Crippen LogP contribution in [0.5, 0.6) is 0 Å². The fourth-order valence-corrected chi connectivity index (χ4v) is 2.45. The molecule has 0 heterocycles. The number of primary amides is 1. The molecule has 0 aliphatic carbocycles. The Morgan fingerprint density at radius 3 is 1.67 bits per heavy atom. The van der Waals surface area contributed by atoms with Crippen LogP contribution in [0.2, 0.25) is 0 Å². The van der Waals surface area contributed by atoms with Crippen LogP contribution in [0, 0.1) is 0 Å². The van der Waals surface area contributed by atoms with Crippen LogP contribution in [0.4, 0.5) is 11.4 Å². The van der Waals surface area contributed by atoms with Gasteiger partial charge in [-0.05, 0) is 48.5 Å². The van der Waals surface area contributed by atoms with Gasteiger partial charge in [-0.2, -0.15) is 0 Å². The van der Waals surface area contributed by atoms with E-state index in [1.807, 2.05) is 48.5 Å². The third kappa shape index (κ3) is 3.17. The summed E-state index contributed by atoms with van der Waals surface area (Å²) in [6.45, 7) is 0. The number of benzene rings is 3. The van der Waals surface area contributed by atoms with Gasteiger partial charge in [-0.1, -0.05) is 36.4 Å². The average Bonchev–Trinajstić information content (AvgIpc) is 2.64. The Kier molecular flexibility index (Phi) is 4.38. The quantitative estimate of drug-likeness (QED) is 0.796. The lowest BCUT2D eigenvalue weighted by Gasteiger charge is -2.23. The van der Waals surface area contributed by atoms with E-state index in [0.29, 0.717) is 16.8 Å². The number of anilines is 2. The second-order valence-electron chi connectivity index (χ2n) is 5.25. The molecule has 118 valence electrons. The number of para-hydroxylation sites is 1. The number of nitrogens with zero attached hydrogens (tertiary/aromatic N) is 1. The zero-order chi connectivity index (χ0) is 16.9. The van der Waals surface area contributed by atoms with Crippen molar-refractivity contribution in [3.8, 4) is 0 Å². The SMILES string of the molecule is NC(=O)c1ccc(N(C(=O)c2ccccc2)c2ccccc2)cc1. The van der Waals surface area contributed by atoms with Crippen molar-refractivity contribution in [3.63, 3.8) is 0 Å². The summed E-state index contributed by atoms with van der Waals surface area (Å²) in [6, 6.07) is 25.1. The lowest BCUT2D eigenvalue weighted by Crippen LogP contribution is -2.26. The first-order chi connectivity index (χ1) is 11.7. The molecule has 2 amide bonds. The third-order valence-corrected chi connectivity index (χ3v) is 3.65. The van der Waals surface area contributed by atoms with Gasteiger partial charge in [0.25, 0.3) is 5.91 Å². The zero-order valence-corrected chi connectivity index (χ0v) is 12.9. The van der Waals surface area contributed by atoms with Gasteiger partial charge in [0, 0.05) is 22.5 Å². The lowest BCUT2D eigenvalue weighted by atomic mass is 10.1. The van der Waals surface area contributed by atoms with Gasteiger partial charge in [-0.3, -0.25) is 14.5 Å². The maximum atomic E-state index is 13.0. The number of nitrogens with two attached hydrogens (primary N) is 1. The van der Waals surface area contributed by atoms with Crippen molar-refractivity contribution in [3.05, 3.63) is 96.1 Å². The van der Waals surface area contributed by atoms with E-state index in [-0.39, 0.29) is 5.91 Å². The molecule has 0 aliphatic heterocycles. The Labute approximate surface area is 140 Å². The predicted molar refractivity (Wildman–Crippen MR) is 94.3 cm³/mol. The van der Waals surface area contributed by atoms with E-state index in [1.54, 1.807) is 41.3 Å². The first-order valence-corrected chi connectivity index (χ1v) is 7.51. The molecule has 4 nitrogen and oxygen atoms in total. The average molecular weight is 316 g/mol. The largest absolute Gasteiger partial charge is 0.366 e. The molecule has 0 unspecified atom stereocenters. The van der Waals surface area contributed by atoms with Crippen LogP contribution >= 0.6 is 0 Å². The van der Waals surface area contributed by atoms with Crippen LogP contribution < -0.4 is 10.6 Å². The molecule has 4 heteroatoms. The maximum absolute atomic E-state index is 13.0. The highest BCUT2D eigenvalue weighted by Crippen LogP contribution is 2.27. The molecule has 0 aliphatic rings. The van der Waals surface area contributed by atoms with Gasteiger partial charge in [0.15, 0.2) is 0 Å². The number of hydrogen-bond donors (Lipinski definition) is 1.